The van der Waals surface area contributed by atoms with Crippen molar-refractivity contribution in [2.24, 2.45) is 0 Å². The van der Waals surface area contributed by atoms with E-state index < -0.39 is 0 Å². The van der Waals surface area contributed by atoms with E-state index in [1.165, 1.54) is 11.8 Å². The smallest absolute Gasteiger partial charge is 0.319 e. The van der Waals surface area contributed by atoms with E-state index in [9.17, 15) is 4.79 Å². The summed E-state index contributed by atoms with van der Waals surface area (Å²) in [6.45, 7) is 4.30. The van der Waals surface area contributed by atoms with E-state index in [4.69, 9.17) is 10.5 Å². The molecule has 4 heteroatoms. The van der Waals surface area contributed by atoms with Crippen LogP contribution < -0.4 is 5.73 Å². The minimum Gasteiger partial charge on any atom is -0.465 e. The Bertz CT molecular complexity index is 368. The van der Waals surface area contributed by atoms with Crippen LogP contribution in [0.3, 0.4) is 0 Å². The number of rotatable bonds is 6. The van der Waals surface area contributed by atoms with E-state index in [1.807, 2.05) is 31.2 Å². The molecule has 3 nitrogen and oxygen atoms in total. The molecule has 2 N–H and O–H groups in total. The molecule has 1 aromatic rings. The van der Waals surface area contributed by atoms with Gasteiger partial charge in [-0.05, 0) is 25.5 Å². The molecular formula is C13H19NO2S. The molecule has 1 atom stereocenters. The number of nitrogen functional groups attached to an aromatic ring is 1. The maximum atomic E-state index is 11.8. The Balaban J connectivity index is 2.73. The monoisotopic (exact) mass is 253 g/mol. The second-order valence-corrected chi connectivity index (χ2v) is 4.93. The van der Waals surface area contributed by atoms with Crippen LogP contribution in [0.2, 0.25) is 0 Å². The van der Waals surface area contributed by atoms with Gasteiger partial charge in [0.15, 0.2) is 0 Å². The zero-order chi connectivity index (χ0) is 12.7. The van der Waals surface area contributed by atoms with Gasteiger partial charge in [0.1, 0.15) is 5.25 Å². The van der Waals surface area contributed by atoms with E-state index in [0.717, 1.165) is 17.7 Å². The number of hydrogen-bond donors (Lipinski definition) is 1. The van der Waals surface area contributed by atoms with Gasteiger partial charge in [0.25, 0.3) is 0 Å². The van der Waals surface area contributed by atoms with E-state index in [0.29, 0.717) is 12.3 Å². The van der Waals surface area contributed by atoms with Crippen molar-refractivity contribution < 1.29 is 9.53 Å². The third-order valence-electron chi connectivity index (χ3n) is 2.29. The molecule has 0 saturated carbocycles. The van der Waals surface area contributed by atoms with Crippen molar-refractivity contribution in [2.45, 2.75) is 36.8 Å². The molecule has 1 rings (SSSR count). The van der Waals surface area contributed by atoms with Gasteiger partial charge in [0.2, 0.25) is 0 Å². The van der Waals surface area contributed by atoms with Crippen LogP contribution in [0.1, 0.15) is 26.7 Å². The highest BCUT2D eigenvalue weighted by Crippen LogP contribution is 2.31. The molecule has 94 valence electrons. The molecule has 0 amide bonds. The van der Waals surface area contributed by atoms with Crippen LogP contribution in [-0.4, -0.2) is 17.8 Å². The summed E-state index contributed by atoms with van der Waals surface area (Å²) < 4.78 is 5.07. The van der Waals surface area contributed by atoms with Crippen LogP contribution in [-0.2, 0) is 9.53 Å². The number of carbonyl (C=O) groups excluding carboxylic acids is 1. The van der Waals surface area contributed by atoms with Crippen LogP contribution in [0.5, 0.6) is 0 Å². The second kappa shape index (κ2) is 7.22. The van der Waals surface area contributed by atoms with Crippen molar-refractivity contribution in [1.29, 1.82) is 0 Å². The zero-order valence-corrected chi connectivity index (χ0v) is 11.1. The molecule has 0 fully saturated rings. The van der Waals surface area contributed by atoms with Gasteiger partial charge in [-0.1, -0.05) is 25.5 Å². The lowest BCUT2D eigenvalue weighted by Crippen LogP contribution is -2.20. The number of esters is 1. The first-order chi connectivity index (χ1) is 8.19. The molecule has 0 aliphatic carbocycles. The number of para-hydroxylation sites is 1. The summed E-state index contributed by atoms with van der Waals surface area (Å²) in [7, 11) is 0. The topological polar surface area (TPSA) is 52.3 Å². The Morgan fingerprint density at radius 3 is 2.71 bits per heavy atom. The Hall–Kier alpha value is -1.16. The third kappa shape index (κ3) is 4.30. The number of benzene rings is 1. The molecule has 0 aliphatic rings. The van der Waals surface area contributed by atoms with E-state index >= 15 is 0 Å². The Morgan fingerprint density at radius 2 is 2.12 bits per heavy atom. The van der Waals surface area contributed by atoms with Crippen LogP contribution in [0.4, 0.5) is 5.69 Å². The molecule has 0 radical (unpaired) electrons. The summed E-state index contributed by atoms with van der Waals surface area (Å²) in [5.74, 6) is -0.150. The van der Waals surface area contributed by atoms with Gasteiger partial charge in [-0.25, -0.2) is 0 Å². The highest BCUT2D eigenvalue weighted by atomic mass is 32.2. The fraction of sp³-hybridized carbons (Fsp3) is 0.462. The summed E-state index contributed by atoms with van der Waals surface area (Å²) in [5.41, 5.74) is 6.58. The lowest BCUT2D eigenvalue weighted by Gasteiger charge is -2.15. The van der Waals surface area contributed by atoms with Crippen LogP contribution in [0.15, 0.2) is 29.2 Å². The molecule has 0 saturated heterocycles. The first-order valence-corrected chi connectivity index (χ1v) is 6.74. The molecule has 0 aromatic heterocycles. The van der Waals surface area contributed by atoms with Crippen molar-refractivity contribution in [3.05, 3.63) is 24.3 Å². The number of anilines is 1. The predicted molar refractivity (Wildman–Crippen MR) is 72.0 cm³/mol. The second-order valence-electron chi connectivity index (χ2n) is 3.69. The summed E-state index contributed by atoms with van der Waals surface area (Å²) >= 11 is 1.49. The molecule has 0 spiro atoms. The van der Waals surface area contributed by atoms with Gasteiger partial charge in [-0.3, -0.25) is 4.79 Å². The SMILES string of the molecule is CCCC(Sc1ccccc1N)C(=O)OCC. The Labute approximate surface area is 107 Å². The van der Waals surface area contributed by atoms with Crippen LogP contribution >= 0.6 is 11.8 Å². The largest absolute Gasteiger partial charge is 0.465 e. The fourth-order valence-corrected chi connectivity index (χ4v) is 2.65. The van der Waals surface area contributed by atoms with Gasteiger partial charge in [0.05, 0.1) is 6.61 Å². The van der Waals surface area contributed by atoms with Gasteiger partial charge < -0.3 is 10.5 Å². The Morgan fingerprint density at radius 1 is 1.41 bits per heavy atom. The highest BCUT2D eigenvalue weighted by Gasteiger charge is 2.20. The van der Waals surface area contributed by atoms with Gasteiger partial charge in [-0.2, -0.15) is 0 Å². The Kier molecular flexibility index (Phi) is 5.91. The third-order valence-corrected chi connectivity index (χ3v) is 3.63. The van der Waals surface area contributed by atoms with Crippen molar-refractivity contribution >= 4 is 23.4 Å². The number of ether oxygens (including phenoxy) is 1. The number of nitrogens with two attached hydrogens (primary N) is 1. The molecule has 0 bridgehead atoms. The van der Waals surface area contributed by atoms with Crippen molar-refractivity contribution in [1.82, 2.24) is 0 Å². The standard InChI is InChI=1S/C13H19NO2S/c1-3-7-12(13(15)16-4-2)17-11-9-6-5-8-10(11)14/h5-6,8-9,12H,3-4,7,14H2,1-2H3. The van der Waals surface area contributed by atoms with Gasteiger partial charge in [0, 0.05) is 10.6 Å². The summed E-state index contributed by atoms with van der Waals surface area (Å²) in [6.07, 6.45) is 1.75. The minimum absolute atomic E-state index is 0.150. The highest BCUT2D eigenvalue weighted by molar-refractivity contribution is 8.00. The molecule has 17 heavy (non-hydrogen) atoms. The van der Waals surface area contributed by atoms with Crippen LogP contribution in [0, 0.1) is 0 Å². The minimum atomic E-state index is -0.162. The maximum Gasteiger partial charge on any atom is 0.319 e. The van der Waals surface area contributed by atoms with Crippen molar-refractivity contribution in [3.63, 3.8) is 0 Å². The summed E-state index contributed by atoms with van der Waals surface area (Å²) in [6, 6.07) is 7.59. The average molecular weight is 253 g/mol. The molecule has 1 aromatic carbocycles. The number of thioether (sulfide) groups is 1. The van der Waals surface area contributed by atoms with E-state index in [-0.39, 0.29) is 11.2 Å². The van der Waals surface area contributed by atoms with Crippen molar-refractivity contribution in [2.75, 3.05) is 12.3 Å². The first kappa shape index (κ1) is 13.9. The van der Waals surface area contributed by atoms with Crippen molar-refractivity contribution in [3.8, 4) is 0 Å². The molecule has 1 unspecified atom stereocenters. The molecule has 0 aliphatic heterocycles. The van der Waals surface area contributed by atoms with Gasteiger partial charge in [-0.15, -0.1) is 11.8 Å². The predicted octanol–water partition coefficient (Wildman–Crippen LogP) is 3.09. The average Bonchev–Trinajstić information content (AvgIpc) is 2.31. The van der Waals surface area contributed by atoms with E-state index in [1.54, 1.807) is 0 Å². The number of carbonyl (C=O) groups is 1. The molecule has 0 heterocycles. The lowest BCUT2D eigenvalue weighted by atomic mass is 10.2. The van der Waals surface area contributed by atoms with Crippen LogP contribution in [0.25, 0.3) is 0 Å². The van der Waals surface area contributed by atoms with Gasteiger partial charge >= 0.3 is 5.97 Å². The maximum absolute atomic E-state index is 11.8. The first-order valence-electron chi connectivity index (χ1n) is 5.86. The van der Waals surface area contributed by atoms with E-state index in [2.05, 4.69) is 6.92 Å². The normalized spacial score (nSPS) is 12.1. The zero-order valence-electron chi connectivity index (χ0n) is 10.3. The lowest BCUT2D eigenvalue weighted by molar-refractivity contribution is -0.142. The summed E-state index contributed by atoms with van der Waals surface area (Å²) in [5, 5.41) is -0.162. The fourth-order valence-electron chi connectivity index (χ4n) is 1.46. The number of hydrogen-bond acceptors (Lipinski definition) is 4. The molecular weight excluding hydrogens is 234 g/mol. The summed E-state index contributed by atoms with van der Waals surface area (Å²) in [4.78, 5) is 12.7. The quantitative estimate of drug-likeness (QED) is 0.481.